The van der Waals surface area contributed by atoms with Crippen molar-refractivity contribution in [2.45, 2.75) is 32.4 Å². The molecular formula is C24H24N4O2S. The molecule has 1 aliphatic rings. The molecule has 0 spiro atoms. The van der Waals surface area contributed by atoms with Crippen molar-refractivity contribution in [3.8, 4) is 16.3 Å². The van der Waals surface area contributed by atoms with E-state index in [0.717, 1.165) is 52.3 Å². The minimum atomic E-state index is 0.0409. The lowest BCUT2D eigenvalue weighted by Gasteiger charge is -2.26. The number of likely N-dealkylation sites (tertiary alicyclic amines) is 1. The number of methoxy groups -OCH3 is 1. The van der Waals surface area contributed by atoms with Crippen LogP contribution in [0.1, 0.15) is 41.7 Å². The molecule has 3 aromatic heterocycles. The van der Waals surface area contributed by atoms with E-state index in [2.05, 4.69) is 17.2 Å². The molecule has 1 amide bonds. The van der Waals surface area contributed by atoms with E-state index in [1.54, 1.807) is 24.6 Å². The molecule has 7 heteroatoms. The summed E-state index contributed by atoms with van der Waals surface area (Å²) in [4.78, 5) is 21.7. The minimum absolute atomic E-state index is 0.0409. The van der Waals surface area contributed by atoms with Crippen LogP contribution in [0.5, 0.6) is 5.75 Å². The number of aromatic nitrogens is 3. The number of hydrogen-bond donors (Lipinski definition) is 0. The van der Waals surface area contributed by atoms with E-state index in [1.807, 2.05) is 52.2 Å². The molecule has 0 saturated carbocycles. The van der Waals surface area contributed by atoms with Gasteiger partial charge >= 0.3 is 0 Å². The Kier molecular flexibility index (Phi) is 5.19. The van der Waals surface area contributed by atoms with E-state index in [-0.39, 0.29) is 11.9 Å². The van der Waals surface area contributed by atoms with Crippen LogP contribution in [-0.2, 0) is 6.54 Å². The molecule has 1 atom stereocenters. The van der Waals surface area contributed by atoms with Crippen LogP contribution >= 0.6 is 11.3 Å². The van der Waals surface area contributed by atoms with Crippen molar-refractivity contribution >= 4 is 28.3 Å². The Morgan fingerprint density at radius 2 is 2.10 bits per heavy atom. The molecule has 6 nitrogen and oxygen atoms in total. The fourth-order valence-electron chi connectivity index (χ4n) is 4.34. The molecule has 1 aliphatic heterocycles. The SMILES string of the molecule is CCn1ncc2c(C(=O)N3CCCC3c3ccc(OC)cc3)cc(-c3cccs3)nc21. The Morgan fingerprint density at radius 3 is 2.81 bits per heavy atom. The van der Waals surface area contributed by atoms with Gasteiger partial charge < -0.3 is 9.64 Å². The number of nitrogens with zero attached hydrogens (tertiary/aromatic N) is 4. The lowest BCUT2D eigenvalue weighted by atomic mass is 10.0. The van der Waals surface area contributed by atoms with E-state index in [1.165, 1.54) is 0 Å². The zero-order valence-corrected chi connectivity index (χ0v) is 18.4. The number of thiophene rings is 1. The number of ether oxygens (including phenoxy) is 1. The van der Waals surface area contributed by atoms with E-state index in [4.69, 9.17) is 9.72 Å². The molecule has 1 fully saturated rings. The highest BCUT2D eigenvalue weighted by Gasteiger charge is 2.32. The molecule has 4 aromatic rings. The summed E-state index contributed by atoms with van der Waals surface area (Å²) in [5.41, 5.74) is 3.39. The predicted octanol–water partition coefficient (Wildman–Crippen LogP) is 5.17. The highest BCUT2D eigenvalue weighted by atomic mass is 32.1. The largest absolute Gasteiger partial charge is 0.497 e. The highest BCUT2D eigenvalue weighted by molar-refractivity contribution is 7.13. The first kappa shape index (κ1) is 19.8. The van der Waals surface area contributed by atoms with E-state index >= 15 is 0 Å². The number of hydrogen-bond acceptors (Lipinski definition) is 5. The van der Waals surface area contributed by atoms with Gasteiger partial charge in [-0.05, 0) is 55.0 Å². The second kappa shape index (κ2) is 8.15. The molecule has 31 heavy (non-hydrogen) atoms. The number of pyridine rings is 1. The summed E-state index contributed by atoms with van der Waals surface area (Å²) >= 11 is 1.63. The summed E-state index contributed by atoms with van der Waals surface area (Å²) in [6.45, 7) is 3.49. The average Bonchev–Trinajstić information content (AvgIpc) is 3.58. The monoisotopic (exact) mass is 432 g/mol. The van der Waals surface area contributed by atoms with Crippen LogP contribution < -0.4 is 4.74 Å². The lowest BCUT2D eigenvalue weighted by molar-refractivity contribution is 0.0737. The third kappa shape index (κ3) is 3.49. The van der Waals surface area contributed by atoms with Gasteiger partial charge in [-0.2, -0.15) is 5.10 Å². The summed E-state index contributed by atoms with van der Waals surface area (Å²) in [5, 5.41) is 7.32. The number of carbonyl (C=O) groups excluding carboxylic acids is 1. The van der Waals surface area contributed by atoms with Gasteiger partial charge in [-0.1, -0.05) is 18.2 Å². The average molecular weight is 433 g/mol. The Morgan fingerprint density at radius 1 is 1.26 bits per heavy atom. The van der Waals surface area contributed by atoms with Gasteiger partial charge in [0.15, 0.2) is 5.65 Å². The molecular weight excluding hydrogens is 408 g/mol. The van der Waals surface area contributed by atoms with Gasteiger partial charge in [-0.15, -0.1) is 11.3 Å². The maximum atomic E-state index is 13.8. The first-order valence-electron chi connectivity index (χ1n) is 10.5. The second-order valence-electron chi connectivity index (χ2n) is 7.66. The molecule has 1 saturated heterocycles. The quantitative estimate of drug-likeness (QED) is 0.437. The number of aryl methyl sites for hydroxylation is 1. The number of benzene rings is 1. The van der Waals surface area contributed by atoms with Crippen molar-refractivity contribution in [2.24, 2.45) is 0 Å². The normalized spacial score (nSPS) is 16.2. The first-order chi connectivity index (χ1) is 15.2. The number of amides is 1. The van der Waals surface area contributed by atoms with Gasteiger partial charge in [-0.25, -0.2) is 9.67 Å². The van der Waals surface area contributed by atoms with E-state index in [9.17, 15) is 4.79 Å². The van der Waals surface area contributed by atoms with Crippen molar-refractivity contribution in [1.82, 2.24) is 19.7 Å². The molecule has 0 bridgehead atoms. The fourth-order valence-corrected chi connectivity index (χ4v) is 5.03. The van der Waals surface area contributed by atoms with Crippen LogP contribution in [-0.4, -0.2) is 39.2 Å². The Balaban J connectivity index is 1.57. The highest BCUT2D eigenvalue weighted by Crippen LogP contribution is 2.36. The molecule has 5 rings (SSSR count). The number of rotatable bonds is 5. The molecule has 4 heterocycles. The second-order valence-corrected chi connectivity index (χ2v) is 8.61. The summed E-state index contributed by atoms with van der Waals surface area (Å²) in [6.07, 6.45) is 3.72. The molecule has 0 N–H and O–H groups in total. The fraction of sp³-hybridized carbons (Fsp3) is 0.292. The van der Waals surface area contributed by atoms with Gasteiger partial charge in [0.2, 0.25) is 0 Å². The van der Waals surface area contributed by atoms with Crippen LogP contribution in [0, 0.1) is 0 Å². The minimum Gasteiger partial charge on any atom is -0.497 e. The molecule has 158 valence electrons. The van der Waals surface area contributed by atoms with Crippen molar-refractivity contribution in [1.29, 1.82) is 0 Å². The summed E-state index contributed by atoms with van der Waals surface area (Å²) in [6, 6.07) is 14.1. The third-order valence-electron chi connectivity index (χ3n) is 5.93. The summed E-state index contributed by atoms with van der Waals surface area (Å²) < 4.78 is 7.14. The lowest BCUT2D eigenvalue weighted by Crippen LogP contribution is -2.30. The molecule has 1 unspecified atom stereocenters. The van der Waals surface area contributed by atoms with Crippen LogP contribution in [0.15, 0.2) is 54.0 Å². The number of carbonyl (C=O) groups is 1. The molecule has 1 aromatic carbocycles. The first-order valence-corrected chi connectivity index (χ1v) is 11.4. The smallest absolute Gasteiger partial charge is 0.255 e. The van der Waals surface area contributed by atoms with Crippen molar-refractivity contribution in [3.63, 3.8) is 0 Å². The van der Waals surface area contributed by atoms with Crippen molar-refractivity contribution in [2.75, 3.05) is 13.7 Å². The van der Waals surface area contributed by atoms with Crippen LogP contribution in [0.3, 0.4) is 0 Å². The Bertz CT molecular complexity index is 1210. The zero-order valence-electron chi connectivity index (χ0n) is 17.6. The predicted molar refractivity (Wildman–Crippen MR) is 123 cm³/mol. The Hall–Kier alpha value is -3.19. The van der Waals surface area contributed by atoms with Gasteiger partial charge in [0.25, 0.3) is 5.91 Å². The van der Waals surface area contributed by atoms with Crippen molar-refractivity contribution in [3.05, 3.63) is 65.2 Å². The van der Waals surface area contributed by atoms with E-state index < -0.39 is 0 Å². The molecule has 0 radical (unpaired) electrons. The van der Waals surface area contributed by atoms with Gasteiger partial charge in [0, 0.05) is 13.1 Å². The van der Waals surface area contributed by atoms with Gasteiger partial charge in [-0.3, -0.25) is 4.79 Å². The van der Waals surface area contributed by atoms with Crippen molar-refractivity contribution < 1.29 is 9.53 Å². The maximum Gasteiger partial charge on any atom is 0.255 e. The molecule has 0 aliphatic carbocycles. The maximum absolute atomic E-state index is 13.8. The Labute approximate surface area is 185 Å². The summed E-state index contributed by atoms with van der Waals surface area (Å²) in [7, 11) is 1.66. The zero-order chi connectivity index (χ0) is 21.4. The van der Waals surface area contributed by atoms with E-state index in [0.29, 0.717) is 12.1 Å². The third-order valence-corrected chi connectivity index (χ3v) is 6.82. The standard InChI is InChI=1S/C24H24N4O2S/c1-3-28-23-19(15-25-28)18(14-20(26-23)22-7-5-13-31-22)24(29)27-12-4-6-21(27)16-8-10-17(30-2)11-9-16/h5,7-11,13-15,21H,3-4,6,12H2,1-2H3. The summed E-state index contributed by atoms with van der Waals surface area (Å²) in [5.74, 6) is 0.863. The van der Waals surface area contributed by atoms with Crippen LogP contribution in [0.25, 0.3) is 21.6 Å². The number of fused-ring (bicyclic) bond motifs is 1. The topological polar surface area (TPSA) is 60.2 Å². The van der Waals surface area contributed by atoms with Gasteiger partial charge in [0.05, 0.1) is 40.9 Å². The van der Waals surface area contributed by atoms with Crippen LogP contribution in [0.2, 0.25) is 0 Å². The van der Waals surface area contributed by atoms with Gasteiger partial charge in [0.1, 0.15) is 5.75 Å². The van der Waals surface area contributed by atoms with Crippen LogP contribution in [0.4, 0.5) is 0 Å².